The topological polar surface area (TPSA) is 112 Å². The molecule has 6 aliphatic rings. The molecule has 4 aromatic carbocycles. The van der Waals surface area contributed by atoms with Crippen molar-refractivity contribution in [2.45, 2.75) is 77.5 Å². The first-order chi connectivity index (χ1) is 28.1. The summed E-state index contributed by atoms with van der Waals surface area (Å²) in [6.07, 6.45) is 0. The molecule has 0 amide bonds. The molecule has 4 aromatic rings. The first kappa shape index (κ1) is 37.9. The number of nitrogens with zero attached hydrogens (tertiary/aromatic N) is 2. The molecule has 4 aliphatic heterocycles. The lowest BCUT2D eigenvalue weighted by molar-refractivity contribution is -0.340. The van der Waals surface area contributed by atoms with E-state index in [0.29, 0.717) is 11.4 Å². The molecule has 4 heterocycles. The summed E-state index contributed by atoms with van der Waals surface area (Å²) in [5, 5.41) is 0. The van der Waals surface area contributed by atoms with Crippen molar-refractivity contribution in [3.63, 3.8) is 0 Å². The maximum absolute atomic E-state index is 15.8. The third-order valence-corrected chi connectivity index (χ3v) is 14.1. The van der Waals surface area contributed by atoms with Crippen molar-refractivity contribution in [3.05, 3.63) is 131 Å². The molecular weight excluding hydrogens is 733 g/mol. The molecule has 6 fully saturated rings. The van der Waals surface area contributed by atoms with E-state index in [9.17, 15) is 0 Å². The lowest BCUT2D eigenvalue weighted by Crippen LogP contribution is -3.10. The molecular formula is C48H50N2O8. The molecule has 2 saturated carbocycles. The zero-order valence-corrected chi connectivity index (χ0v) is 33.8. The number of ether oxygens (including phenoxy) is 4. The highest BCUT2D eigenvalue weighted by Gasteiger charge is 3.07. The van der Waals surface area contributed by atoms with Gasteiger partial charge in [0.15, 0.2) is 0 Å². The lowest BCUT2D eigenvalue weighted by atomic mass is 9.15. The van der Waals surface area contributed by atoms with E-state index >= 15 is 19.2 Å². The van der Waals surface area contributed by atoms with Crippen LogP contribution >= 0.6 is 0 Å². The monoisotopic (exact) mass is 782 g/mol. The molecule has 10 heteroatoms. The van der Waals surface area contributed by atoms with E-state index in [-0.39, 0.29) is 26.4 Å². The third-order valence-electron chi connectivity index (χ3n) is 14.1. The molecule has 0 aromatic heterocycles. The summed E-state index contributed by atoms with van der Waals surface area (Å²) in [7, 11) is 0. The van der Waals surface area contributed by atoms with Crippen LogP contribution in [0.25, 0.3) is 0 Å². The Bertz CT molecular complexity index is 2010. The highest BCUT2D eigenvalue weighted by Crippen LogP contribution is 2.92. The predicted octanol–water partition coefficient (Wildman–Crippen LogP) is 6.92. The van der Waals surface area contributed by atoms with Gasteiger partial charge in [-0.2, -0.15) is 0 Å². The van der Waals surface area contributed by atoms with Gasteiger partial charge in [-0.25, -0.2) is 0 Å². The Kier molecular flexibility index (Phi) is 8.80. The van der Waals surface area contributed by atoms with Gasteiger partial charge >= 0.3 is 23.9 Å². The molecule has 4 saturated heterocycles. The van der Waals surface area contributed by atoms with Gasteiger partial charge in [0.05, 0.1) is 50.6 Å². The minimum absolute atomic E-state index is 0.0666. The van der Waals surface area contributed by atoms with Gasteiger partial charge in [0.2, 0.25) is 0 Å². The SMILES string of the molecule is CCOC(=O)C12C(c3ccc(C)cc3)C3(C(=O)OCC)C4N(c5ccccc5)C1C1(C(=O)OCC)C(c5ccc(C)cc5)C4(C(=O)OCC)C3N(c3ccccc3)C21. The van der Waals surface area contributed by atoms with Crippen LogP contribution in [0.3, 0.4) is 0 Å². The number of para-hydroxylation sites is 2. The predicted molar refractivity (Wildman–Crippen MR) is 217 cm³/mol. The van der Waals surface area contributed by atoms with Crippen LogP contribution < -0.4 is 9.80 Å². The molecule has 10 nitrogen and oxygen atoms in total. The molecule has 0 spiro atoms. The molecule has 8 bridgehead atoms. The van der Waals surface area contributed by atoms with Crippen molar-refractivity contribution >= 4 is 35.3 Å². The van der Waals surface area contributed by atoms with Crippen molar-refractivity contribution in [3.8, 4) is 0 Å². The van der Waals surface area contributed by atoms with Crippen molar-refractivity contribution in [2.75, 3.05) is 36.2 Å². The maximum Gasteiger partial charge on any atom is 0.317 e. The van der Waals surface area contributed by atoms with E-state index in [0.717, 1.165) is 22.3 Å². The maximum atomic E-state index is 15.8. The van der Waals surface area contributed by atoms with E-state index in [1.165, 1.54) is 0 Å². The highest BCUT2D eigenvalue weighted by atomic mass is 16.6. The first-order valence-electron chi connectivity index (χ1n) is 20.6. The number of hydrogen-bond donors (Lipinski definition) is 0. The van der Waals surface area contributed by atoms with E-state index in [2.05, 4.69) is 9.80 Å². The fourth-order valence-corrected chi connectivity index (χ4v) is 13.0. The second kappa shape index (κ2) is 13.5. The fraction of sp³-hybridized carbons (Fsp3) is 0.417. The van der Waals surface area contributed by atoms with Gasteiger partial charge < -0.3 is 28.7 Å². The summed E-state index contributed by atoms with van der Waals surface area (Å²) >= 11 is 0. The van der Waals surface area contributed by atoms with Crippen molar-refractivity contribution in [2.24, 2.45) is 21.7 Å². The summed E-state index contributed by atoms with van der Waals surface area (Å²) in [6, 6.07) is 31.1. The second-order valence-electron chi connectivity index (χ2n) is 16.4. The van der Waals surface area contributed by atoms with Crippen LogP contribution in [-0.2, 0) is 38.1 Å². The standard InChI is InChI=1S/C48H50N2O8/c1-7-55-41(51)45-35(31-25-21-29(5)22-26-31)46(42(52)56-8-2)39-48(44(54)58-10-4)36(32-27-23-30(6)24-28-32)47(43(53)57-9-3,37(45)49(39)33-17-13-11-14-18-33)38(45)50(40(46)48)34-19-15-12-16-20-34/h11-28,35-40H,7-10H2,1-6H3. The van der Waals surface area contributed by atoms with Crippen LogP contribution in [0, 0.1) is 35.5 Å². The molecule has 10 rings (SSSR count). The molecule has 0 radical (unpaired) electrons. The van der Waals surface area contributed by atoms with E-state index in [1.54, 1.807) is 27.7 Å². The van der Waals surface area contributed by atoms with Crippen molar-refractivity contribution in [1.82, 2.24) is 0 Å². The van der Waals surface area contributed by atoms with Gasteiger partial charge in [-0.05, 0) is 76.9 Å². The number of piperidine rings is 4. The van der Waals surface area contributed by atoms with Gasteiger partial charge in [-0.3, -0.25) is 19.2 Å². The van der Waals surface area contributed by atoms with E-state index < -0.39 is 81.5 Å². The summed E-state index contributed by atoms with van der Waals surface area (Å²) in [4.78, 5) is 67.5. The molecule has 0 unspecified atom stereocenters. The van der Waals surface area contributed by atoms with E-state index in [1.807, 2.05) is 123 Å². The number of benzene rings is 4. The summed E-state index contributed by atoms with van der Waals surface area (Å²) in [5.41, 5.74) is -1.50. The quantitative estimate of drug-likeness (QED) is 0.111. The number of aryl methyl sites for hydroxylation is 2. The third kappa shape index (κ3) is 4.23. The van der Waals surface area contributed by atoms with Crippen LogP contribution in [0.2, 0.25) is 0 Å². The van der Waals surface area contributed by atoms with Crippen LogP contribution in [-0.4, -0.2) is 74.5 Å². The summed E-state index contributed by atoms with van der Waals surface area (Å²) in [6.45, 7) is 11.3. The van der Waals surface area contributed by atoms with Crippen molar-refractivity contribution in [1.29, 1.82) is 0 Å². The number of carbonyl (C=O) groups is 4. The largest absolute Gasteiger partial charge is 0.465 e. The minimum Gasteiger partial charge on any atom is -0.465 e. The lowest BCUT2D eigenvalue weighted by Gasteiger charge is -2.95. The number of anilines is 2. The Hall–Kier alpha value is -5.64. The zero-order chi connectivity index (χ0) is 40.8. The summed E-state index contributed by atoms with van der Waals surface area (Å²) in [5.74, 6) is -3.83. The summed E-state index contributed by atoms with van der Waals surface area (Å²) < 4.78 is 25.1. The van der Waals surface area contributed by atoms with Gasteiger partial charge in [-0.1, -0.05) is 96.1 Å². The molecule has 2 aliphatic carbocycles. The number of hydrogen-bond acceptors (Lipinski definition) is 10. The van der Waals surface area contributed by atoms with Gasteiger partial charge in [0, 0.05) is 23.2 Å². The molecule has 300 valence electrons. The Balaban J connectivity index is 1.54. The number of esters is 4. The molecule has 0 N–H and O–H groups in total. The van der Waals surface area contributed by atoms with Crippen LogP contribution in [0.1, 0.15) is 61.8 Å². The van der Waals surface area contributed by atoms with Gasteiger partial charge in [-0.15, -0.1) is 0 Å². The average molecular weight is 783 g/mol. The zero-order valence-electron chi connectivity index (χ0n) is 33.8. The van der Waals surface area contributed by atoms with Crippen LogP contribution in [0.15, 0.2) is 109 Å². The Morgan fingerprint density at radius 3 is 0.931 bits per heavy atom. The average Bonchev–Trinajstić information content (AvgIpc) is 3.21. The molecule has 58 heavy (non-hydrogen) atoms. The van der Waals surface area contributed by atoms with E-state index in [4.69, 9.17) is 18.9 Å². The highest BCUT2D eigenvalue weighted by molar-refractivity contribution is 6.07. The first-order valence-corrected chi connectivity index (χ1v) is 20.6. The normalized spacial score (nSPS) is 33.1. The smallest absolute Gasteiger partial charge is 0.317 e. The van der Waals surface area contributed by atoms with Crippen LogP contribution in [0.4, 0.5) is 11.4 Å². The van der Waals surface area contributed by atoms with Crippen molar-refractivity contribution < 1.29 is 38.1 Å². The van der Waals surface area contributed by atoms with Gasteiger partial charge in [0.25, 0.3) is 0 Å². The Morgan fingerprint density at radius 1 is 0.431 bits per heavy atom. The molecule has 0 atom stereocenters. The number of carbonyl (C=O) groups excluding carboxylic acids is 4. The Morgan fingerprint density at radius 2 is 0.690 bits per heavy atom. The minimum atomic E-state index is -1.58. The second-order valence-corrected chi connectivity index (χ2v) is 16.4. The van der Waals surface area contributed by atoms with Gasteiger partial charge in [0.1, 0.15) is 21.7 Å². The fourth-order valence-electron chi connectivity index (χ4n) is 13.0. The number of rotatable bonds is 12. The Labute approximate surface area is 339 Å². The van der Waals surface area contributed by atoms with Crippen LogP contribution in [0.5, 0.6) is 0 Å².